The molecular formula is C15H18ClN3O2. The quantitative estimate of drug-likeness (QED) is 0.834. The second kappa shape index (κ2) is 6.03. The third-order valence-corrected chi connectivity index (χ3v) is 4.19. The van der Waals surface area contributed by atoms with Gasteiger partial charge in [-0.05, 0) is 24.7 Å². The lowest BCUT2D eigenvalue weighted by Crippen LogP contribution is -2.50. The van der Waals surface area contributed by atoms with Crippen LogP contribution in [0.15, 0.2) is 29.4 Å². The highest BCUT2D eigenvalue weighted by Gasteiger charge is 2.33. The predicted octanol–water partition coefficient (Wildman–Crippen LogP) is 1.61. The molecule has 1 amide bonds. The number of carbonyl (C=O) groups excluding carboxylic acids is 1. The Kier molecular flexibility index (Phi) is 4.12. The van der Waals surface area contributed by atoms with Gasteiger partial charge < -0.3 is 14.6 Å². The van der Waals surface area contributed by atoms with Crippen molar-refractivity contribution in [2.75, 3.05) is 33.2 Å². The summed E-state index contributed by atoms with van der Waals surface area (Å²) in [5.41, 5.74) is 1.76. The molecule has 0 unspecified atom stereocenters. The van der Waals surface area contributed by atoms with Crippen LogP contribution in [-0.4, -0.2) is 60.7 Å². The van der Waals surface area contributed by atoms with Crippen LogP contribution < -0.4 is 0 Å². The van der Waals surface area contributed by atoms with E-state index in [2.05, 4.69) is 17.1 Å². The van der Waals surface area contributed by atoms with Gasteiger partial charge in [-0.2, -0.15) is 0 Å². The van der Waals surface area contributed by atoms with Crippen molar-refractivity contribution in [3.63, 3.8) is 0 Å². The van der Waals surface area contributed by atoms with E-state index < -0.39 is 6.10 Å². The Hall–Kier alpha value is -1.59. The van der Waals surface area contributed by atoms with Crippen LogP contribution in [0.25, 0.3) is 0 Å². The molecule has 112 valence electrons. The summed E-state index contributed by atoms with van der Waals surface area (Å²) >= 11 is 5.87. The van der Waals surface area contributed by atoms with E-state index in [1.54, 1.807) is 0 Å². The molecule has 6 heteroatoms. The Bertz CT molecular complexity index is 551. The lowest BCUT2D eigenvalue weighted by molar-refractivity contribution is -0.143. The molecule has 0 spiro atoms. The standard InChI is InChI=1S/C15H18ClN3O2/c1-18-6-8-19(9-7-18)15(20)14-10-13(17-21-14)11-2-4-12(16)5-3-11/h2-5,14H,6-10H2,1H3/t14-/m1/s1. The molecule has 21 heavy (non-hydrogen) atoms. The van der Waals surface area contributed by atoms with Crippen LogP contribution >= 0.6 is 11.6 Å². The fourth-order valence-corrected chi connectivity index (χ4v) is 2.68. The highest BCUT2D eigenvalue weighted by Crippen LogP contribution is 2.20. The van der Waals surface area contributed by atoms with Gasteiger partial charge in [0.05, 0.1) is 5.71 Å². The molecule has 1 aromatic rings. The van der Waals surface area contributed by atoms with Crippen molar-refractivity contribution in [1.82, 2.24) is 9.80 Å². The molecule has 2 heterocycles. The fourth-order valence-electron chi connectivity index (χ4n) is 2.55. The molecule has 0 aliphatic carbocycles. The summed E-state index contributed by atoms with van der Waals surface area (Å²) in [6.45, 7) is 3.32. The van der Waals surface area contributed by atoms with E-state index in [9.17, 15) is 4.79 Å². The van der Waals surface area contributed by atoms with Crippen LogP contribution in [0.4, 0.5) is 0 Å². The lowest BCUT2D eigenvalue weighted by atomic mass is 10.0. The number of nitrogens with zero attached hydrogens (tertiary/aromatic N) is 3. The zero-order valence-electron chi connectivity index (χ0n) is 12.0. The molecule has 1 saturated heterocycles. The number of piperazine rings is 1. The van der Waals surface area contributed by atoms with E-state index in [1.807, 2.05) is 29.2 Å². The van der Waals surface area contributed by atoms with E-state index >= 15 is 0 Å². The highest BCUT2D eigenvalue weighted by atomic mass is 35.5. The molecule has 1 fully saturated rings. The smallest absolute Gasteiger partial charge is 0.266 e. The summed E-state index contributed by atoms with van der Waals surface area (Å²) < 4.78 is 0. The number of rotatable bonds is 2. The molecule has 2 aliphatic heterocycles. The van der Waals surface area contributed by atoms with Gasteiger partial charge in [0.1, 0.15) is 0 Å². The number of oxime groups is 1. The maximum atomic E-state index is 12.4. The first-order valence-corrected chi connectivity index (χ1v) is 7.47. The first-order valence-electron chi connectivity index (χ1n) is 7.09. The molecule has 5 nitrogen and oxygen atoms in total. The van der Waals surface area contributed by atoms with E-state index in [4.69, 9.17) is 16.4 Å². The van der Waals surface area contributed by atoms with Crippen molar-refractivity contribution in [1.29, 1.82) is 0 Å². The van der Waals surface area contributed by atoms with E-state index in [0.29, 0.717) is 11.4 Å². The number of hydrogen-bond acceptors (Lipinski definition) is 4. The maximum Gasteiger partial charge on any atom is 0.266 e. The summed E-state index contributed by atoms with van der Waals surface area (Å²) in [4.78, 5) is 21.9. The second-order valence-electron chi connectivity index (χ2n) is 5.47. The number of benzene rings is 1. The Morgan fingerprint density at radius 3 is 2.57 bits per heavy atom. The minimum absolute atomic E-state index is 0.0378. The molecule has 0 saturated carbocycles. The zero-order chi connectivity index (χ0) is 14.8. The third kappa shape index (κ3) is 3.19. The van der Waals surface area contributed by atoms with Crippen molar-refractivity contribution in [2.45, 2.75) is 12.5 Å². The third-order valence-electron chi connectivity index (χ3n) is 3.94. The molecule has 0 bridgehead atoms. The first kappa shape index (κ1) is 14.4. The number of likely N-dealkylation sites (N-methyl/N-ethyl adjacent to an activating group) is 1. The van der Waals surface area contributed by atoms with Crippen LogP contribution in [0.3, 0.4) is 0 Å². The maximum absolute atomic E-state index is 12.4. The Morgan fingerprint density at radius 2 is 1.90 bits per heavy atom. The summed E-state index contributed by atoms with van der Waals surface area (Å²) in [5.74, 6) is 0.0378. The van der Waals surface area contributed by atoms with Gasteiger partial charge in [0, 0.05) is 37.6 Å². The minimum Gasteiger partial charge on any atom is -0.382 e. The van der Waals surface area contributed by atoms with Crippen LogP contribution in [0, 0.1) is 0 Å². The van der Waals surface area contributed by atoms with Gasteiger partial charge in [-0.1, -0.05) is 28.9 Å². The first-order chi connectivity index (χ1) is 10.1. The van der Waals surface area contributed by atoms with Crippen molar-refractivity contribution in [3.05, 3.63) is 34.9 Å². The molecule has 2 aliphatic rings. The normalized spacial score (nSPS) is 22.9. The zero-order valence-corrected chi connectivity index (χ0v) is 12.7. The van der Waals surface area contributed by atoms with Crippen LogP contribution in [-0.2, 0) is 9.63 Å². The second-order valence-corrected chi connectivity index (χ2v) is 5.91. The SMILES string of the molecule is CN1CCN(C(=O)[C@H]2CC(c3ccc(Cl)cc3)=NO2)CC1. The minimum atomic E-state index is -0.487. The van der Waals surface area contributed by atoms with E-state index in [1.165, 1.54) is 0 Å². The van der Waals surface area contributed by atoms with Crippen LogP contribution in [0.1, 0.15) is 12.0 Å². The number of carbonyl (C=O) groups is 1. The molecule has 0 aromatic heterocycles. The number of halogens is 1. The van der Waals surface area contributed by atoms with Crippen LogP contribution in [0.2, 0.25) is 5.02 Å². The molecule has 0 radical (unpaired) electrons. The van der Waals surface area contributed by atoms with Crippen molar-refractivity contribution in [2.24, 2.45) is 5.16 Å². The van der Waals surface area contributed by atoms with Gasteiger partial charge in [0.15, 0.2) is 0 Å². The molecule has 3 rings (SSSR count). The predicted molar refractivity (Wildman–Crippen MR) is 81.6 cm³/mol. The molecule has 0 N–H and O–H groups in total. The van der Waals surface area contributed by atoms with Crippen molar-refractivity contribution in [3.8, 4) is 0 Å². The van der Waals surface area contributed by atoms with Gasteiger partial charge in [-0.25, -0.2) is 0 Å². The number of hydrogen-bond donors (Lipinski definition) is 0. The summed E-state index contributed by atoms with van der Waals surface area (Å²) in [5, 5.41) is 4.75. The Labute approximate surface area is 129 Å². The number of amides is 1. The Balaban J connectivity index is 1.60. The Morgan fingerprint density at radius 1 is 1.24 bits per heavy atom. The van der Waals surface area contributed by atoms with Gasteiger partial charge in [-0.3, -0.25) is 4.79 Å². The van der Waals surface area contributed by atoms with E-state index in [-0.39, 0.29) is 5.91 Å². The topological polar surface area (TPSA) is 45.1 Å². The summed E-state index contributed by atoms with van der Waals surface area (Å²) in [6.07, 6.45) is 0.0337. The highest BCUT2D eigenvalue weighted by molar-refractivity contribution is 6.30. The summed E-state index contributed by atoms with van der Waals surface area (Å²) in [6, 6.07) is 7.42. The van der Waals surface area contributed by atoms with Crippen molar-refractivity contribution >= 4 is 23.2 Å². The average molecular weight is 308 g/mol. The average Bonchev–Trinajstić information content (AvgIpc) is 2.98. The van der Waals surface area contributed by atoms with Gasteiger partial charge in [-0.15, -0.1) is 0 Å². The van der Waals surface area contributed by atoms with E-state index in [0.717, 1.165) is 37.5 Å². The fraction of sp³-hybridized carbons (Fsp3) is 0.467. The van der Waals surface area contributed by atoms with Gasteiger partial charge >= 0.3 is 0 Å². The van der Waals surface area contributed by atoms with Gasteiger partial charge in [0.2, 0.25) is 6.10 Å². The molecular weight excluding hydrogens is 290 g/mol. The molecule has 1 aromatic carbocycles. The largest absolute Gasteiger partial charge is 0.382 e. The lowest BCUT2D eigenvalue weighted by Gasteiger charge is -2.33. The molecule has 1 atom stereocenters. The summed E-state index contributed by atoms with van der Waals surface area (Å²) in [7, 11) is 2.07. The van der Waals surface area contributed by atoms with Gasteiger partial charge in [0.25, 0.3) is 5.91 Å². The van der Waals surface area contributed by atoms with Crippen molar-refractivity contribution < 1.29 is 9.63 Å². The monoisotopic (exact) mass is 307 g/mol. The van der Waals surface area contributed by atoms with Crippen LogP contribution in [0.5, 0.6) is 0 Å².